The Kier molecular flexibility index (Phi) is 22.8. The lowest BCUT2D eigenvalue weighted by molar-refractivity contribution is -0.142. The van der Waals surface area contributed by atoms with Crippen molar-refractivity contribution in [1.29, 1.82) is 0 Å². The Morgan fingerprint density at radius 2 is 1.27 bits per heavy atom. The second-order valence-corrected chi connectivity index (χ2v) is 29.1. The summed E-state index contributed by atoms with van der Waals surface area (Å²) in [6.07, 6.45) is -2.33. The van der Waals surface area contributed by atoms with E-state index in [9.17, 15) is 36.3 Å². The molecule has 1 heterocycles. The number of nitrogens with one attached hydrogen (secondary N) is 3. The van der Waals surface area contributed by atoms with Crippen molar-refractivity contribution >= 4 is 89.4 Å². The molecule has 472 valence electrons. The van der Waals surface area contributed by atoms with Crippen LogP contribution in [-0.2, 0) is 39.1 Å². The second-order valence-electron chi connectivity index (χ2n) is 23.3. The van der Waals surface area contributed by atoms with Gasteiger partial charge in [-0.2, -0.15) is 11.8 Å². The number of benzene rings is 6. The lowest BCUT2D eigenvalue weighted by atomic mass is 9.89. The number of aliphatic hydroxyl groups is 1. The average Bonchev–Trinajstić information content (AvgIpc) is 0.908. The van der Waals surface area contributed by atoms with E-state index in [0.29, 0.717) is 39.9 Å². The molecule has 0 saturated carbocycles. The largest absolute Gasteiger partial charge is 0.464 e. The van der Waals surface area contributed by atoms with Crippen LogP contribution >= 0.6 is 23.5 Å². The van der Waals surface area contributed by atoms with Gasteiger partial charge in [0.05, 0.1) is 39.9 Å². The molecule has 1 unspecified atom stereocenters. The van der Waals surface area contributed by atoms with Gasteiger partial charge < -0.3 is 29.6 Å². The Bertz CT molecular complexity index is 3920. The minimum Gasteiger partial charge on any atom is -0.464 e. The zero-order valence-electron chi connectivity index (χ0n) is 50.9. The summed E-state index contributed by atoms with van der Waals surface area (Å²) in [5, 5.41) is 17.2. The number of Topliss-reactive ketones (excluding diaryl/α,β-unsaturated/α-hetero) is 1. The molecule has 0 aromatic heterocycles. The number of rotatable bonds is 26. The number of carbonyl (C=O) groups is 3. The number of para-hydroxylation sites is 2. The van der Waals surface area contributed by atoms with Crippen LogP contribution in [-0.4, -0.2) is 82.9 Å². The fourth-order valence-electron chi connectivity index (χ4n) is 9.66. The normalized spacial score (nSPS) is 12.9. The first-order valence-corrected chi connectivity index (χ1v) is 33.8. The summed E-state index contributed by atoms with van der Waals surface area (Å²) in [7, 11) is -11.5. The Labute approximate surface area is 520 Å². The van der Waals surface area contributed by atoms with Gasteiger partial charge in [-0.05, 0) is 76.3 Å². The van der Waals surface area contributed by atoms with Gasteiger partial charge >= 0.3 is 12.1 Å². The Balaban J connectivity index is 1.14. The second kappa shape index (κ2) is 29.3. The molecule has 0 fully saturated rings. The van der Waals surface area contributed by atoms with Crippen molar-refractivity contribution in [3.05, 3.63) is 148 Å². The summed E-state index contributed by atoms with van der Waals surface area (Å²) < 4.78 is 139. The Hall–Kier alpha value is -6.76. The van der Waals surface area contributed by atoms with Crippen LogP contribution in [0.3, 0.4) is 0 Å². The first kappa shape index (κ1) is 68.7. The van der Waals surface area contributed by atoms with E-state index in [4.69, 9.17) is 18.9 Å². The molecule has 0 radical (unpaired) electrons. The number of nitrogens with zero attached hydrogens (tertiary/aromatic N) is 1. The van der Waals surface area contributed by atoms with Crippen molar-refractivity contribution < 1.29 is 67.8 Å². The van der Waals surface area contributed by atoms with Crippen LogP contribution in [0.5, 0.6) is 0 Å². The molecule has 2 aliphatic rings. The average molecular weight is 1290 g/mol. The zero-order chi connectivity index (χ0) is 64.6. The first-order valence-electron chi connectivity index (χ1n) is 28.7. The van der Waals surface area contributed by atoms with Crippen LogP contribution in [0.2, 0.25) is 0 Å². The molecule has 15 nitrogen and oxygen atoms in total. The molecule has 7 rings (SSSR count). The minimum atomic E-state index is -6.03. The SMILES string of the molecule is CC(C)c1cccc(C(C)C)c1/N=c1\ccc2c(-c3ccccc3S(=O)(=O)NS(=O)(=O)c3c(F)c(F)c(SCC(O)COC(=O)NCCOC(=O)CCSCCC(=O)C(C)(C)C)c(F)c3F)c3ccc(Nc4c(C(C)C)cccc4C(C)C)cc3oc-2c1. The zero-order valence-corrected chi connectivity index (χ0v) is 54.2. The summed E-state index contributed by atoms with van der Waals surface area (Å²) in [5.74, 6) is -8.79. The summed E-state index contributed by atoms with van der Waals surface area (Å²) in [6, 6.07) is 27.8. The van der Waals surface area contributed by atoms with Gasteiger partial charge in [-0.1, -0.05) is 131 Å². The minimum absolute atomic E-state index is 0.0186. The highest BCUT2D eigenvalue weighted by atomic mass is 32.3. The van der Waals surface area contributed by atoms with Crippen LogP contribution < -0.4 is 20.1 Å². The summed E-state index contributed by atoms with van der Waals surface area (Å²) in [6.45, 7) is 21.0. The summed E-state index contributed by atoms with van der Waals surface area (Å²) in [4.78, 5) is 37.1. The molecule has 4 N–H and O–H groups in total. The number of hydrogen-bond donors (Lipinski definition) is 4. The third kappa shape index (κ3) is 16.5. The maximum atomic E-state index is 16.0. The monoisotopic (exact) mass is 1290 g/mol. The summed E-state index contributed by atoms with van der Waals surface area (Å²) in [5.41, 5.74) is 6.84. The molecule has 0 bridgehead atoms. The molecule has 5 aromatic rings. The maximum absolute atomic E-state index is 16.0. The quantitative estimate of drug-likeness (QED) is 0.00990. The van der Waals surface area contributed by atoms with Crippen LogP contribution in [0.25, 0.3) is 33.4 Å². The predicted molar refractivity (Wildman–Crippen MR) is 338 cm³/mol. The van der Waals surface area contributed by atoms with E-state index in [1.807, 2.05) is 45.0 Å². The number of hydrogen-bond acceptors (Lipinski definition) is 15. The molecule has 1 aliphatic heterocycles. The van der Waals surface area contributed by atoms with Gasteiger partial charge in [0.15, 0.2) is 28.2 Å². The van der Waals surface area contributed by atoms with E-state index < -0.39 is 93.9 Å². The number of alkyl carbamates (subject to hydrolysis) is 1. The van der Waals surface area contributed by atoms with Crippen LogP contribution in [0.4, 0.5) is 39.4 Å². The molecule has 1 aliphatic carbocycles. The Morgan fingerprint density at radius 3 is 1.88 bits per heavy atom. The number of amides is 1. The van der Waals surface area contributed by atoms with Crippen molar-refractivity contribution in [2.24, 2.45) is 10.4 Å². The molecule has 23 heteroatoms. The molecule has 0 saturated heterocycles. The molecule has 0 spiro atoms. The van der Waals surface area contributed by atoms with E-state index >= 15 is 17.6 Å². The smallest absolute Gasteiger partial charge is 0.407 e. The van der Waals surface area contributed by atoms with E-state index in [2.05, 4.69) is 78.2 Å². The third-order valence-corrected chi connectivity index (χ3v) is 20.0. The number of esters is 1. The summed E-state index contributed by atoms with van der Waals surface area (Å²) >= 11 is 1.44. The van der Waals surface area contributed by atoms with Gasteiger partial charge in [-0.25, -0.2) is 44.2 Å². The topological polar surface area (TPSA) is 220 Å². The molecular weight excluding hydrogens is 1220 g/mol. The lowest BCUT2D eigenvalue weighted by Crippen LogP contribution is -2.33. The highest BCUT2D eigenvalue weighted by molar-refractivity contribution is 8.04. The molecule has 1 amide bonds. The predicted octanol–water partition coefficient (Wildman–Crippen LogP) is 14.7. The maximum Gasteiger partial charge on any atom is 0.407 e. The van der Waals surface area contributed by atoms with Crippen LogP contribution in [0.1, 0.15) is 135 Å². The number of thioether (sulfide) groups is 2. The van der Waals surface area contributed by atoms with E-state index in [1.54, 1.807) is 36.4 Å². The fourth-order valence-corrected chi connectivity index (χ4v) is 14.6. The number of carbonyl (C=O) groups excluding carboxylic acids is 3. The lowest BCUT2D eigenvalue weighted by Gasteiger charge is -2.22. The standard InChI is InChI=1S/C65H74F4N4O11S4/c1-36(2)43-17-14-18-44(37(3)4)60(43)71-40-22-24-47-50(32-40)84-51-33-41(72-61-45(38(5)6)19-15-20-46(61)39(7)8)23-25-48(51)55(47)49-16-12-13-21-52(49)87(78,79)73-88(80,81)63-58(68)56(66)62(57(67)59(63)69)86-35-42(74)34-83-64(77)70-28-29-82-54(76)27-31-85-30-26-53(75)65(9,10)11/h12-25,32-33,36-39,42,71,73-74H,26-31,34-35H2,1-11H3,(H,70,77)/b72-41+. The van der Waals surface area contributed by atoms with Gasteiger partial charge in [0.1, 0.15) is 30.3 Å². The van der Waals surface area contributed by atoms with Gasteiger partial charge in [0.25, 0.3) is 20.0 Å². The van der Waals surface area contributed by atoms with Crippen LogP contribution in [0.15, 0.2) is 121 Å². The van der Waals surface area contributed by atoms with E-state index in [1.165, 1.54) is 34.1 Å². The van der Waals surface area contributed by atoms with Gasteiger partial charge in [-0.3, -0.25) is 9.59 Å². The number of ether oxygens (including phenoxy) is 2. The Morgan fingerprint density at radius 1 is 0.682 bits per heavy atom. The third-order valence-electron chi connectivity index (χ3n) is 14.3. The van der Waals surface area contributed by atoms with E-state index in [0.717, 1.165) is 39.7 Å². The molecule has 1 atom stereocenters. The molecular formula is C65H74F4N4O11S4. The number of halogens is 4. The van der Waals surface area contributed by atoms with Crippen molar-refractivity contribution in [2.75, 3.05) is 42.3 Å². The number of fused-ring (bicyclic) bond motifs is 2. The first-order chi connectivity index (χ1) is 41.4. The molecule has 88 heavy (non-hydrogen) atoms. The van der Waals surface area contributed by atoms with Crippen molar-refractivity contribution in [3.63, 3.8) is 0 Å². The number of ketones is 1. The highest BCUT2D eigenvalue weighted by Gasteiger charge is 2.38. The van der Waals surface area contributed by atoms with Gasteiger partial charge in [0, 0.05) is 74.7 Å². The number of aliphatic hydroxyl groups excluding tert-OH is 1. The van der Waals surface area contributed by atoms with Crippen molar-refractivity contribution in [3.8, 4) is 22.5 Å². The fraction of sp³-hybridized carbons (Fsp3) is 0.385. The van der Waals surface area contributed by atoms with Gasteiger partial charge in [0.2, 0.25) is 0 Å². The number of sulfonamides is 2. The van der Waals surface area contributed by atoms with Crippen molar-refractivity contribution in [1.82, 2.24) is 9.44 Å². The van der Waals surface area contributed by atoms with Crippen molar-refractivity contribution in [2.45, 2.75) is 133 Å². The van der Waals surface area contributed by atoms with Crippen LogP contribution in [0, 0.1) is 28.7 Å². The number of anilines is 2. The highest BCUT2D eigenvalue weighted by Crippen LogP contribution is 2.45. The van der Waals surface area contributed by atoms with E-state index in [-0.39, 0.29) is 83.3 Å². The van der Waals surface area contributed by atoms with Gasteiger partial charge in [-0.15, -0.1) is 15.9 Å². The molecule has 5 aromatic carbocycles.